The number of likely N-dealkylation sites (N-methyl/N-ethyl adjacent to an activating group) is 1. The van der Waals surface area contributed by atoms with Gasteiger partial charge in [0.2, 0.25) is 0 Å². The van der Waals surface area contributed by atoms with Crippen molar-refractivity contribution in [2.45, 2.75) is 90.6 Å². The Morgan fingerprint density at radius 3 is 2.48 bits per heavy atom. The second-order valence-corrected chi connectivity index (χ2v) is 8.48. The third kappa shape index (κ3) is 5.25. The highest BCUT2D eigenvalue weighted by Crippen LogP contribution is 2.38. The van der Waals surface area contributed by atoms with Gasteiger partial charge in [-0.15, -0.1) is 0 Å². The summed E-state index contributed by atoms with van der Waals surface area (Å²) < 4.78 is 0. The van der Waals surface area contributed by atoms with Gasteiger partial charge in [0.05, 0.1) is 0 Å². The lowest BCUT2D eigenvalue weighted by atomic mass is 9.72. The second-order valence-electron chi connectivity index (χ2n) is 8.48. The molecule has 2 saturated carbocycles. The number of hydrogen-bond acceptors (Lipinski definition) is 2. The molecule has 0 aliphatic heterocycles. The summed E-state index contributed by atoms with van der Waals surface area (Å²) in [5, 5.41) is 3.84. The molecule has 124 valence electrons. The molecule has 2 aliphatic carbocycles. The van der Waals surface area contributed by atoms with E-state index < -0.39 is 0 Å². The fourth-order valence-corrected chi connectivity index (χ4v) is 4.49. The molecule has 2 nitrogen and oxygen atoms in total. The van der Waals surface area contributed by atoms with Gasteiger partial charge >= 0.3 is 0 Å². The predicted molar refractivity (Wildman–Crippen MR) is 92.7 cm³/mol. The summed E-state index contributed by atoms with van der Waals surface area (Å²) in [4.78, 5) is 2.71. The highest BCUT2D eigenvalue weighted by atomic mass is 15.2. The molecule has 1 N–H and O–H groups in total. The van der Waals surface area contributed by atoms with E-state index in [-0.39, 0.29) is 0 Å². The van der Waals surface area contributed by atoms with E-state index in [9.17, 15) is 0 Å². The average molecular weight is 295 g/mol. The summed E-state index contributed by atoms with van der Waals surface area (Å²) in [5.74, 6) is 0.959. The van der Waals surface area contributed by atoms with Crippen LogP contribution in [0.1, 0.15) is 78.6 Å². The quantitative estimate of drug-likeness (QED) is 0.779. The molecule has 2 atom stereocenters. The van der Waals surface area contributed by atoms with E-state index in [0.29, 0.717) is 11.5 Å². The van der Waals surface area contributed by atoms with E-state index in [4.69, 9.17) is 0 Å². The molecule has 2 heteroatoms. The molecule has 0 heterocycles. The lowest BCUT2D eigenvalue weighted by molar-refractivity contribution is 0.0673. The van der Waals surface area contributed by atoms with Crippen LogP contribution in [0.4, 0.5) is 0 Å². The first-order valence-corrected chi connectivity index (χ1v) is 9.45. The Morgan fingerprint density at radius 1 is 1.10 bits per heavy atom. The third-order valence-electron chi connectivity index (χ3n) is 5.85. The first kappa shape index (κ1) is 17.3. The van der Waals surface area contributed by atoms with Crippen LogP contribution in [0.3, 0.4) is 0 Å². The maximum Gasteiger partial charge on any atom is 0.0251 e. The highest BCUT2D eigenvalue weighted by molar-refractivity contribution is 4.94. The smallest absolute Gasteiger partial charge is 0.0251 e. The Balaban J connectivity index is 1.92. The SMILES string of the molecule is CCCNC1CCC(C)(C)CC1N(C)CC1CCCCC1. The Hall–Kier alpha value is -0.0800. The lowest BCUT2D eigenvalue weighted by Gasteiger charge is -2.46. The van der Waals surface area contributed by atoms with Crippen molar-refractivity contribution in [3.8, 4) is 0 Å². The van der Waals surface area contributed by atoms with Crippen LogP contribution in [-0.4, -0.2) is 37.1 Å². The zero-order valence-corrected chi connectivity index (χ0v) is 15.0. The maximum absolute atomic E-state index is 3.84. The molecule has 0 radical (unpaired) electrons. The van der Waals surface area contributed by atoms with E-state index in [1.807, 2.05) is 0 Å². The molecule has 0 aromatic rings. The minimum Gasteiger partial charge on any atom is -0.312 e. The first-order valence-electron chi connectivity index (χ1n) is 9.45. The van der Waals surface area contributed by atoms with E-state index >= 15 is 0 Å². The second kappa shape index (κ2) is 7.97. The Kier molecular flexibility index (Phi) is 6.55. The van der Waals surface area contributed by atoms with Crippen LogP contribution < -0.4 is 5.32 Å². The van der Waals surface area contributed by atoms with Crippen molar-refractivity contribution in [1.82, 2.24) is 10.2 Å². The van der Waals surface area contributed by atoms with Gasteiger partial charge in [-0.3, -0.25) is 0 Å². The number of nitrogens with zero attached hydrogens (tertiary/aromatic N) is 1. The maximum atomic E-state index is 3.84. The van der Waals surface area contributed by atoms with Gasteiger partial charge in [-0.25, -0.2) is 0 Å². The van der Waals surface area contributed by atoms with Gasteiger partial charge in [0.25, 0.3) is 0 Å². The predicted octanol–water partition coefficient (Wildman–Crippen LogP) is 4.45. The summed E-state index contributed by atoms with van der Waals surface area (Å²) in [6.45, 7) is 9.71. The topological polar surface area (TPSA) is 15.3 Å². The molecule has 21 heavy (non-hydrogen) atoms. The summed E-state index contributed by atoms with van der Waals surface area (Å²) in [6, 6.07) is 1.45. The Labute approximate surface area is 133 Å². The molecule has 0 spiro atoms. The van der Waals surface area contributed by atoms with Crippen molar-refractivity contribution in [3.63, 3.8) is 0 Å². The summed E-state index contributed by atoms with van der Waals surface area (Å²) in [6.07, 6.45) is 12.7. The van der Waals surface area contributed by atoms with E-state index in [1.54, 1.807) is 0 Å². The molecule has 0 bridgehead atoms. The zero-order valence-electron chi connectivity index (χ0n) is 15.0. The normalized spacial score (nSPS) is 30.7. The molecule has 2 unspecified atom stereocenters. The molecule has 2 aliphatic rings. The third-order valence-corrected chi connectivity index (χ3v) is 5.85. The summed E-state index contributed by atoms with van der Waals surface area (Å²) in [7, 11) is 2.39. The van der Waals surface area contributed by atoms with Crippen LogP contribution in [0, 0.1) is 11.3 Å². The van der Waals surface area contributed by atoms with Gasteiger partial charge in [0.15, 0.2) is 0 Å². The Bertz CT molecular complexity index is 294. The molecule has 2 rings (SSSR count). The van der Waals surface area contributed by atoms with Crippen molar-refractivity contribution in [2.24, 2.45) is 11.3 Å². The van der Waals surface area contributed by atoms with Crippen LogP contribution in [0.25, 0.3) is 0 Å². The molecule has 0 saturated heterocycles. The van der Waals surface area contributed by atoms with Crippen molar-refractivity contribution < 1.29 is 0 Å². The van der Waals surface area contributed by atoms with Crippen molar-refractivity contribution in [3.05, 3.63) is 0 Å². The molecule has 0 aromatic heterocycles. The van der Waals surface area contributed by atoms with Crippen molar-refractivity contribution in [2.75, 3.05) is 20.1 Å². The van der Waals surface area contributed by atoms with Gasteiger partial charge in [0.1, 0.15) is 0 Å². The van der Waals surface area contributed by atoms with Gasteiger partial charge in [-0.1, -0.05) is 40.0 Å². The van der Waals surface area contributed by atoms with Crippen LogP contribution >= 0.6 is 0 Å². The van der Waals surface area contributed by atoms with Crippen LogP contribution in [-0.2, 0) is 0 Å². The lowest BCUT2D eigenvalue weighted by Crippen LogP contribution is -2.54. The van der Waals surface area contributed by atoms with E-state index in [0.717, 1.165) is 12.0 Å². The minimum atomic E-state index is 0.524. The first-order chi connectivity index (χ1) is 10.0. The fraction of sp³-hybridized carbons (Fsp3) is 1.00. The summed E-state index contributed by atoms with van der Waals surface area (Å²) in [5.41, 5.74) is 0.524. The van der Waals surface area contributed by atoms with Gasteiger partial charge in [0, 0.05) is 18.6 Å². The van der Waals surface area contributed by atoms with Crippen molar-refractivity contribution in [1.29, 1.82) is 0 Å². The molecular weight excluding hydrogens is 256 g/mol. The monoisotopic (exact) mass is 294 g/mol. The van der Waals surface area contributed by atoms with Crippen LogP contribution in [0.5, 0.6) is 0 Å². The average Bonchev–Trinajstić information content (AvgIpc) is 2.46. The standard InChI is InChI=1S/C19H38N2/c1-5-13-20-17-11-12-19(2,3)14-18(17)21(4)15-16-9-7-6-8-10-16/h16-18,20H,5-15H2,1-4H3. The van der Waals surface area contributed by atoms with Crippen LogP contribution in [0.15, 0.2) is 0 Å². The molecule has 2 fully saturated rings. The number of nitrogens with one attached hydrogen (secondary N) is 1. The van der Waals surface area contributed by atoms with Crippen molar-refractivity contribution >= 4 is 0 Å². The number of hydrogen-bond donors (Lipinski definition) is 1. The van der Waals surface area contributed by atoms with E-state index in [1.165, 1.54) is 70.9 Å². The van der Waals surface area contributed by atoms with E-state index in [2.05, 4.69) is 38.0 Å². The highest BCUT2D eigenvalue weighted by Gasteiger charge is 2.37. The van der Waals surface area contributed by atoms with Crippen LogP contribution in [0.2, 0.25) is 0 Å². The van der Waals surface area contributed by atoms with Gasteiger partial charge in [-0.05, 0) is 63.5 Å². The minimum absolute atomic E-state index is 0.524. The van der Waals surface area contributed by atoms with Gasteiger partial charge < -0.3 is 10.2 Å². The largest absolute Gasteiger partial charge is 0.312 e. The molecule has 0 aromatic carbocycles. The molecule has 0 amide bonds. The fourth-order valence-electron chi connectivity index (χ4n) is 4.49. The molecular formula is C19H38N2. The van der Waals surface area contributed by atoms with Gasteiger partial charge in [-0.2, -0.15) is 0 Å². The Morgan fingerprint density at radius 2 is 1.81 bits per heavy atom. The number of rotatable bonds is 6. The summed E-state index contributed by atoms with van der Waals surface area (Å²) >= 11 is 0. The zero-order chi connectivity index (χ0) is 15.3.